The second-order valence-corrected chi connectivity index (χ2v) is 7.04. The van der Waals surface area contributed by atoms with Gasteiger partial charge in [0.2, 0.25) is 5.95 Å². The number of hydrogen-bond donors (Lipinski definition) is 1. The van der Waals surface area contributed by atoms with E-state index in [9.17, 15) is 4.79 Å². The molecule has 0 aromatic carbocycles. The summed E-state index contributed by atoms with van der Waals surface area (Å²) in [6, 6.07) is 0.238. The SMILES string of the molecule is Cc1cnc(N2CCC(n3cc(C(=O)N4CCCC4)nn3)CC2)nc1N. The topological polar surface area (TPSA) is 106 Å². The Morgan fingerprint density at radius 2 is 1.92 bits per heavy atom. The van der Waals surface area contributed by atoms with Crippen LogP contribution >= 0.6 is 0 Å². The molecule has 4 heterocycles. The summed E-state index contributed by atoms with van der Waals surface area (Å²) in [5.74, 6) is 1.20. The largest absolute Gasteiger partial charge is 0.383 e. The first kappa shape index (κ1) is 16.7. The lowest BCUT2D eigenvalue weighted by Crippen LogP contribution is -2.36. The first-order valence-corrected chi connectivity index (χ1v) is 9.17. The van der Waals surface area contributed by atoms with Crippen LogP contribution in [-0.4, -0.2) is 61.9 Å². The van der Waals surface area contributed by atoms with Crippen LogP contribution in [0, 0.1) is 6.92 Å². The van der Waals surface area contributed by atoms with Gasteiger partial charge in [0.15, 0.2) is 5.69 Å². The Morgan fingerprint density at radius 1 is 1.19 bits per heavy atom. The summed E-state index contributed by atoms with van der Waals surface area (Å²) >= 11 is 0. The van der Waals surface area contributed by atoms with Crippen molar-refractivity contribution in [2.45, 2.75) is 38.6 Å². The molecule has 2 saturated heterocycles. The van der Waals surface area contributed by atoms with Gasteiger partial charge in [-0.2, -0.15) is 4.98 Å². The summed E-state index contributed by atoms with van der Waals surface area (Å²) < 4.78 is 1.84. The number of carbonyl (C=O) groups is 1. The number of nitrogens with two attached hydrogens (primary N) is 1. The molecule has 4 rings (SSSR count). The van der Waals surface area contributed by atoms with Crippen molar-refractivity contribution < 1.29 is 4.79 Å². The average Bonchev–Trinajstić information content (AvgIpc) is 3.36. The molecule has 0 atom stereocenters. The number of anilines is 2. The molecule has 0 radical (unpaired) electrons. The van der Waals surface area contributed by atoms with Crippen molar-refractivity contribution in [3.05, 3.63) is 23.7 Å². The van der Waals surface area contributed by atoms with Crippen molar-refractivity contribution in [3.63, 3.8) is 0 Å². The fourth-order valence-corrected chi connectivity index (χ4v) is 3.56. The summed E-state index contributed by atoms with van der Waals surface area (Å²) in [7, 11) is 0. The van der Waals surface area contributed by atoms with Crippen molar-refractivity contribution in [1.29, 1.82) is 0 Å². The van der Waals surface area contributed by atoms with E-state index in [-0.39, 0.29) is 11.9 Å². The quantitative estimate of drug-likeness (QED) is 0.875. The second kappa shape index (κ2) is 6.89. The molecule has 2 aliphatic rings. The summed E-state index contributed by atoms with van der Waals surface area (Å²) in [6.45, 7) is 5.19. The molecule has 2 fully saturated rings. The highest BCUT2D eigenvalue weighted by Gasteiger charge is 2.26. The predicted molar refractivity (Wildman–Crippen MR) is 96.8 cm³/mol. The second-order valence-electron chi connectivity index (χ2n) is 7.04. The molecule has 0 saturated carbocycles. The number of piperidine rings is 1. The van der Waals surface area contributed by atoms with E-state index >= 15 is 0 Å². The van der Waals surface area contributed by atoms with Crippen molar-refractivity contribution >= 4 is 17.7 Å². The Balaban J connectivity index is 1.39. The first-order valence-electron chi connectivity index (χ1n) is 9.17. The van der Waals surface area contributed by atoms with Crippen molar-refractivity contribution in [2.24, 2.45) is 0 Å². The molecule has 0 aliphatic carbocycles. The number of amides is 1. The van der Waals surface area contributed by atoms with Crippen molar-refractivity contribution in [2.75, 3.05) is 36.8 Å². The van der Waals surface area contributed by atoms with Gasteiger partial charge in [0.1, 0.15) is 5.82 Å². The van der Waals surface area contributed by atoms with Crippen LogP contribution in [0.4, 0.5) is 11.8 Å². The van der Waals surface area contributed by atoms with E-state index in [1.165, 1.54) is 0 Å². The number of aryl methyl sites for hydroxylation is 1. The molecule has 9 heteroatoms. The molecule has 2 aromatic rings. The highest BCUT2D eigenvalue weighted by molar-refractivity contribution is 5.92. The maximum atomic E-state index is 12.4. The summed E-state index contributed by atoms with van der Waals surface area (Å²) in [6.07, 6.45) is 7.50. The molecule has 2 aliphatic heterocycles. The normalized spacial score (nSPS) is 18.5. The van der Waals surface area contributed by atoms with E-state index in [1.54, 1.807) is 12.4 Å². The standard InChI is InChI=1S/C17H24N8O/c1-12-10-19-17(20-15(12)18)24-8-4-13(5-9-24)25-11-14(21-22-25)16(26)23-6-2-3-7-23/h10-11,13H,2-9H2,1H3,(H2,18,19,20). The van der Waals surface area contributed by atoms with Crippen LogP contribution in [-0.2, 0) is 0 Å². The fourth-order valence-electron chi connectivity index (χ4n) is 3.56. The van der Waals surface area contributed by atoms with E-state index in [4.69, 9.17) is 5.73 Å². The number of likely N-dealkylation sites (tertiary alicyclic amines) is 1. The third-order valence-electron chi connectivity index (χ3n) is 5.24. The minimum absolute atomic E-state index is 0.00489. The Kier molecular flexibility index (Phi) is 4.44. The highest BCUT2D eigenvalue weighted by Crippen LogP contribution is 2.25. The molecule has 26 heavy (non-hydrogen) atoms. The number of rotatable bonds is 3. The first-order chi connectivity index (χ1) is 12.6. The van der Waals surface area contributed by atoms with Crippen LogP contribution < -0.4 is 10.6 Å². The number of carbonyl (C=O) groups excluding carboxylic acids is 1. The maximum absolute atomic E-state index is 12.4. The molecular formula is C17H24N8O. The van der Waals surface area contributed by atoms with Crippen molar-refractivity contribution in [3.8, 4) is 0 Å². The van der Waals surface area contributed by atoms with E-state index in [0.29, 0.717) is 17.5 Å². The Hall–Kier alpha value is -2.71. The maximum Gasteiger partial charge on any atom is 0.276 e. The van der Waals surface area contributed by atoms with Crippen LogP contribution in [0.3, 0.4) is 0 Å². The average molecular weight is 356 g/mol. The number of nitrogen functional groups attached to an aromatic ring is 1. The lowest BCUT2D eigenvalue weighted by molar-refractivity contribution is 0.0787. The molecule has 2 aromatic heterocycles. The van der Waals surface area contributed by atoms with Gasteiger partial charge >= 0.3 is 0 Å². The Labute approximate surface area is 152 Å². The van der Waals surface area contributed by atoms with E-state index in [0.717, 1.165) is 57.4 Å². The number of hydrogen-bond acceptors (Lipinski definition) is 7. The summed E-state index contributed by atoms with van der Waals surface area (Å²) in [5.41, 5.74) is 7.23. The van der Waals surface area contributed by atoms with Gasteiger partial charge in [-0.1, -0.05) is 5.21 Å². The van der Waals surface area contributed by atoms with Crippen LogP contribution in [0.25, 0.3) is 0 Å². The monoisotopic (exact) mass is 356 g/mol. The summed E-state index contributed by atoms with van der Waals surface area (Å²) in [4.78, 5) is 25.2. The molecular weight excluding hydrogens is 332 g/mol. The van der Waals surface area contributed by atoms with E-state index < -0.39 is 0 Å². The van der Waals surface area contributed by atoms with Gasteiger partial charge < -0.3 is 15.5 Å². The van der Waals surface area contributed by atoms with Gasteiger partial charge in [0.05, 0.1) is 12.2 Å². The zero-order chi connectivity index (χ0) is 18.1. The number of aromatic nitrogens is 5. The minimum Gasteiger partial charge on any atom is -0.383 e. The van der Waals surface area contributed by atoms with E-state index in [1.807, 2.05) is 16.5 Å². The molecule has 0 unspecified atom stereocenters. The van der Waals surface area contributed by atoms with Gasteiger partial charge in [-0.25, -0.2) is 9.67 Å². The van der Waals surface area contributed by atoms with Gasteiger partial charge in [-0.3, -0.25) is 4.79 Å². The molecule has 1 amide bonds. The summed E-state index contributed by atoms with van der Waals surface area (Å²) in [5, 5.41) is 8.31. The van der Waals surface area contributed by atoms with Crippen LogP contribution in [0.15, 0.2) is 12.4 Å². The smallest absolute Gasteiger partial charge is 0.276 e. The van der Waals surface area contributed by atoms with Gasteiger partial charge in [-0.05, 0) is 32.6 Å². The predicted octanol–water partition coefficient (Wildman–Crippen LogP) is 1.04. The Bertz CT molecular complexity index is 790. The van der Waals surface area contributed by atoms with Gasteiger partial charge in [0.25, 0.3) is 5.91 Å². The molecule has 9 nitrogen and oxygen atoms in total. The van der Waals surface area contributed by atoms with Crippen molar-refractivity contribution in [1.82, 2.24) is 29.9 Å². The zero-order valence-corrected chi connectivity index (χ0v) is 15.0. The highest BCUT2D eigenvalue weighted by atomic mass is 16.2. The molecule has 138 valence electrons. The van der Waals surface area contributed by atoms with Gasteiger partial charge in [0, 0.05) is 37.9 Å². The molecule has 0 bridgehead atoms. The van der Waals surface area contributed by atoms with Crippen LogP contribution in [0.1, 0.15) is 47.8 Å². The van der Waals surface area contributed by atoms with Gasteiger partial charge in [-0.15, -0.1) is 5.10 Å². The lowest BCUT2D eigenvalue weighted by atomic mass is 10.1. The Morgan fingerprint density at radius 3 is 2.62 bits per heavy atom. The minimum atomic E-state index is -0.00489. The van der Waals surface area contributed by atoms with E-state index in [2.05, 4.69) is 25.2 Å². The zero-order valence-electron chi connectivity index (χ0n) is 15.0. The molecule has 2 N–H and O–H groups in total. The van der Waals surface area contributed by atoms with Crippen LogP contribution in [0.2, 0.25) is 0 Å². The third-order valence-corrected chi connectivity index (χ3v) is 5.24. The number of nitrogens with zero attached hydrogens (tertiary/aromatic N) is 7. The molecule has 0 spiro atoms. The third kappa shape index (κ3) is 3.21. The lowest BCUT2D eigenvalue weighted by Gasteiger charge is -2.31. The fraction of sp³-hybridized carbons (Fsp3) is 0.588. The van der Waals surface area contributed by atoms with Crippen LogP contribution in [0.5, 0.6) is 0 Å².